The summed E-state index contributed by atoms with van der Waals surface area (Å²) in [5, 5.41) is 27.9. The van der Waals surface area contributed by atoms with Gasteiger partial charge in [0.05, 0.1) is 25.7 Å². The number of aliphatic hydroxyl groups excluding tert-OH is 3. The molecule has 0 heterocycles. The fraction of sp³-hybridized carbons (Fsp3) is 0.588. The quantitative estimate of drug-likeness (QED) is 0.182. The number of carbonyl (C=O) groups excluding carboxylic acids is 1. The Morgan fingerprint density at radius 3 is 2.36 bits per heavy atom. The topological polar surface area (TPSA) is 132 Å². The van der Waals surface area contributed by atoms with E-state index < -0.39 is 25.8 Å². The lowest BCUT2D eigenvalue weighted by Gasteiger charge is -2.25. The van der Waals surface area contributed by atoms with E-state index >= 15 is 0 Å². The van der Waals surface area contributed by atoms with E-state index in [1.54, 1.807) is 38.1 Å². The Bertz CT molecular complexity index is 638. The normalized spacial score (nSPS) is 15.8. The molecule has 3 unspecified atom stereocenters. The Hall–Kier alpha value is -0.970. The van der Waals surface area contributed by atoms with Crippen molar-refractivity contribution in [1.82, 2.24) is 0 Å². The van der Waals surface area contributed by atoms with Gasteiger partial charge >= 0.3 is 12.8 Å². The SMILES string of the molecule is COC(O)C(CO)OP(=O)(OCCO)SCc1ccc(OC(=O)C(C)C)cc1. The van der Waals surface area contributed by atoms with E-state index in [-0.39, 0.29) is 30.9 Å². The van der Waals surface area contributed by atoms with Gasteiger partial charge in [-0.25, -0.2) is 4.57 Å². The van der Waals surface area contributed by atoms with Crippen LogP contribution in [-0.4, -0.2) is 60.6 Å². The van der Waals surface area contributed by atoms with Crippen LogP contribution in [0.15, 0.2) is 24.3 Å². The van der Waals surface area contributed by atoms with E-state index in [1.165, 1.54) is 7.11 Å². The second-order valence-corrected chi connectivity index (χ2v) is 9.98. The van der Waals surface area contributed by atoms with Gasteiger partial charge < -0.3 is 24.8 Å². The number of aliphatic hydroxyl groups is 3. The van der Waals surface area contributed by atoms with Gasteiger partial charge in [0.2, 0.25) is 0 Å². The second kappa shape index (κ2) is 12.6. The minimum Gasteiger partial charge on any atom is -0.426 e. The zero-order valence-corrected chi connectivity index (χ0v) is 17.7. The second-order valence-electron chi connectivity index (χ2n) is 5.95. The van der Waals surface area contributed by atoms with Gasteiger partial charge in [0.1, 0.15) is 11.9 Å². The third-order valence-corrected chi connectivity index (χ3v) is 7.06. The molecule has 0 fully saturated rings. The zero-order chi connectivity index (χ0) is 21.2. The first-order chi connectivity index (χ1) is 13.2. The molecule has 0 bridgehead atoms. The first kappa shape index (κ1) is 25.1. The molecule has 0 saturated heterocycles. The predicted molar refractivity (Wildman–Crippen MR) is 104 cm³/mol. The van der Waals surface area contributed by atoms with Gasteiger partial charge in [-0.1, -0.05) is 26.0 Å². The summed E-state index contributed by atoms with van der Waals surface area (Å²) in [5.41, 5.74) is 0.749. The fourth-order valence-corrected chi connectivity index (χ4v) is 5.17. The lowest BCUT2D eigenvalue weighted by Crippen LogP contribution is -2.33. The first-order valence-corrected chi connectivity index (χ1v) is 11.7. The van der Waals surface area contributed by atoms with E-state index in [1.807, 2.05) is 0 Å². The average molecular weight is 438 g/mol. The molecule has 0 aliphatic carbocycles. The summed E-state index contributed by atoms with van der Waals surface area (Å²) < 4.78 is 33.1. The monoisotopic (exact) mass is 438 g/mol. The van der Waals surface area contributed by atoms with Gasteiger partial charge in [-0.05, 0) is 29.1 Å². The van der Waals surface area contributed by atoms with Crippen LogP contribution in [0.4, 0.5) is 0 Å². The number of carbonyl (C=O) groups is 1. The Balaban J connectivity index is 2.76. The minimum atomic E-state index is -3.82. The van der Waals surface area contributed by atoms with E-state index in [9.17, 15) is 19.6 Å². The maximum Gasteiger partial charge on any atom is 0.390 e. The van der Waals surface area contributed by atoms with Crippen molar-refractivity contribution >= 4 is 24.1 Å². The van der Waals surface area contributed by atoms with Gasteiger partial charge in [-0.2, -0.15) is 0 Å². The van der Waals surface area contributed by atoms with Gasteiger partial charge in [0.25, 0.3) is 0 Å². The summed E-state index contributed by atoms with van der Waals surface area (Å²) in [7, 11) is 1.21. The van der Waals surface area contributed by atoms with Gasteiger partial charge in [0, 0.05) is 12.9 Å². The van der Waals surface area contributed by atoms with Gasteiger partial charge in [0.15, 0.2) is 6.29 Å². The Labute approximate surface area is 168 Å². The van der Waals surface area contributed by atoms with Crippen molar-refractivity contribution in [2.45, 2.75) is 32.0 Å². The van der Waals surface area contributed by atoms with Crippen LogP contribution in [0.2, 0.25) is 0 Å². The minimum absolute atomic E-state index is 0.211. The summed E-state index contributed by atoms with van der Waals surface area (Å²) in [6.45, 7) is -1.61. The third-order valence-electron chi connectivity index (χ3n) is 3.35. The van der Waals surface area contributed by atoms with Gasteiger partial charge in [-0.3, -0.25) is 13.8 Å². The van der Waals surface area contributed by atoms with Crippen LogP contribution in [0.25, 0.3) is 0 Å². The molecule has 1 aromatic rings. The molecule has 0 saturated carbocycles. The van der Waals surface area contributed by atoms with E-state index in [2.05, 4.69) is 4.74 Å². The van der Waals surface area contributed by atoms with Crippen molar-refractivity contribution in [3.05, 3.63) is 29.8 Å². The Kier molecular flexibility index (Phi) is 11.2. The van der Waals surface area contributed by atoms with E-state index in [4.69, 9.17) is 18.9 Å². The molecule has 9 nitrogen and oxygen atoms in total. The summed E-state index contributed by atoms with van der Waals surface area (Å²) in [6, 6.07) is 6.61. The molecule has 0 aliphatic heterocycles. The first-order valence-electron chi connectivity index (χ1n) is 8.55. The summed E-state index contributed by atoms with van der Waals surface area (Å²) in [6.07, 6.45) is -2.77. The van der Waals surface area contributed by atoms with Crippen molar-refractivity contribution in [1.29, 1.82) is 0 Å². The summed E-state index contributed by atoms with van der Waals surface area (Å²) in [5.74, 6) is 0.0162. The fourth-order valence-electron chi connectivity index (χ4n) is 1.79. The van der Waals surface area contributed by atoms with Crippen LogP contribution in [0, 0.1) is 5.92 Å². The van der Waals surface area contributed by atoms with Crippen molar-refractivity contribution in [2.75, 3.05) is 26.9 Å². The average Bonchev–Trinajstić information content (AvgIpc) is 2.69. The van der Waals surface area contributed by atoms with Crippen LogP contribution in [0.5, 0.6) is 5.75 Å². The Morgan fingerprint density at radius 2 is 1.86 bits per heavy atom. The maximum atomic E-state index is 12.9. The molecule has 1 aromatic carbocycles. The number of hydrogen-bond donors (Lipinski definition) is 3. The Morgan fingerprint density at radius 1 is 1.21 bits per heavy atom. The molecule has 3 atom stereocenters. The highest BCUT2D eigenvalue weighted by Crippen LogP contribution is 2.62. The van der Waals surface area contributed by atoms with Gasteiger partial charge in [-0.15, -0.1) is 0 Å². The van der Waals surface area contributed by atoms with Crippen LogP contribution >= 0.6 is 18.2 Å². The van der Waals surface area contributed by atoms with Crippen molar-refractivity contribution in [2.24, 2.45) is 5.92 Å². The van der Waals surface area contributed by atoms with Crippen LogP contribution < -0.4 is 4.74 Å². The third kappa shape index (κ3) is 8.59. The molecule has 11 heteroatoms. The molecule has 3 N–H and O–H groups in total. The maximum absolute atomic E-state index is 12.9. The highest BCUT2D eigenvalue weighted by Gasteiger charge is 2.33. The summed E-state index contributed by atoms with van der Waals surface area (Å²) >= 11 is 0.828. The number of esters is 1. The van der Waals surface area contributed by atoms with Crippen molar-refractivity contribution in [3.63, 3.8) is 0 Å². The largest absolute Gasteiger partial charge is 0.426 e. The molecular weight excluding hydrogens is 411 g/mol. The molecule has 0 spiro atoms. The zero-order valence-electron chi connectivity index (χ0n) is 16.0. The molecule has 0 radical (unpaired) electrons. The van der Waals surface area contributed by atoms with E-state index in [0.29, 0.717) is 5.75 Å². The van der Waals surface area contributed by atoms with Crippen LogP contribution in [0.1, 0.15) is 19.4 Å². The lowest BCUT2D eigenvalue weighted by molar-refractivity contribution is -0.147. The number of ether oxygens (including phenoxy) is 2. The standard InChI is InChI=1S/C17H27O9PS/c1-12(2)16(20)25-14-6-4-13(5-7-14)11-28-27(22,24-9-8-18)26-15(10-19)17(21)23-3/h4-7,12,15,17-19,21H,8-11H2,1-3H3. The molecule has 0 aliphatic rings. The predicted octanol–water partition coefficient (Wildman–Crippen LogP) is 1.94. The number of rotatable bonds is 13. The molecule has 1 rings (SSSR count). The molecule has 160 valence electrons. The number of benzene rings is 1. The molecular formula is C17H27O9PS. The summed E-state index contributed by atoms with van der Waals surface area (Å²) in [4.78, 5) is 11.6. The number of methoxy groups -OCH3 is 1. The molecule has 0 aromatic heterocycles. The van der Waals surface area contributed by atoms with Crippen LogP contribution in [-0.2, 0) is 28.9 Å². The van der Waals surface area contributed by atoms with E-state index in [0.717, 1.165) is 16.9 Å². The van der Waals surface area contributed by atoms with Crippen molar-refractivity contribution in [3.8, 4) is 5.75 Å². The smallest absolute Gasteiger partial charge is 0.390 e. The lowest BCUT2D eigenvalue weighted by atomic mass is 10.2. The molecule has 28 heavy (non-hydrogen) atoms. The molecule has 0 amide bonds. The van der Waals surface area contributed by atoms with Crippen LogP contribution in [0.3, 0.4) is 0 Å². The highest BCUT2D eigenvalue weighted by molar-refractivity contribution is 8.54. The highest BCUT2D eigenvalue weighted by atomic mass is 32.7. The number of hydrogen-bond acceptors (Lipinski definition) is 10. The van der Waals surface area contributed by atoms with Crippen molar-refractivity contribution < 1.29 is 43.2 Å².